The maximum absolute atomic E-state index is 9.94. The second-order valence-electron chi connectivity index (χ2n) is 3.90. The van der Waals surface area contributed by atoms with Gasteiger partial charge in [-0.1, -0.05) is 31.2 Å². The molecule has 14 heavy (non-hydrogen) atoms. The molecule has 0 heterocycles. The topological polar surface area (TPSA) is 44.0 Å². The number of hydrogen-bond acceptors (Lipinski definition) is 2. The summed E-state index contributed by atoms with van der Waals surface area (Å²) in [5.41, 5.74) is 2.15. The molecule has 2 heteroatoms. The van der Waals surface area contributed by atoms with Crippen LogP contribution in [0.5, 0.6) is 0 Å². The fourth-order valence-electron chi connectivity index (χ4n) is 2.30. The Bertz CT molecular complexity index is 380. The summed E-state index contributed by atoms with van der Waals surface area (Å²) in [6.45, 7) is 2.01. The molecule has 0 unspecified atom stereocenters. The summed E-state index contributed by atoms with van der Waals surface area (Å²) < 4.78 is 0. The van der Waals surface area contributed by atoms with Crippen molar-refractivity contribution in [3.8, 4) is 6.07 Å². The molecular weight excluding hydrogens is 174 g/mol. The molecule has 2 rings (SSSR count). The van der Waals surface area contributed by atoms with Crippen LogP contribution in [0.3, 0.4) is 0 Å². The highest BCUT2D eigenvalue weighted by molar-refractivity contribution is 5.38. The zero-order chi connectivity index (χ0) is 10.1. The smallest absolute Gasteiger partial charge is 0.0824 e. The van der Waals surface area contributed by atoms with Gasteiger partial charge in [-0.3, -0.25) is 0 Å². The van der Waals surface area contributed by atoms with Gasteiger partial charge >= 0.3 is 0 Å². The lowest BCUT2D eigenvalue weighted by molar-refractivity contribution is 0.121. The van der Waals surface area contributed by atoms with Crippen molar-refractivity contribution in [2.24, 2.45) is 5.92 Å². The summed E-state index contributed by atoms with van der Waals surface area (Å²) in [6.07, 6.45) is 0.0967. The maximum Gasteiger partial charge on any atom is 0.0824 e. The molecule has 1 aliphatic carbocycles. The molecule has 0 radical (unpaired) electrons. The third-order valence-corrected chi connectivity index (χ3v) is 3.16. The standard InChI is InChI=1S/C12H13NO/c1-8-9(6-7-13)10-4-2-3-5-11(10)12(8)14/h2-5,8-9,12,14H,6H2,1H3/t8-,9-,12-/m1/s1. The van der Waals surface area contributed by atoms with Crippen LogP contribution in [-0.4, -0.2) is 5.11 Å². The largest absolute Gasteiger partial charge is 0.388 e. The van der Waals surface area contributed by atoms with Crippen molar-refractivity contribution < 1.29 is 5.11 Å². The van der Waals surface area contributed by atoms with Gasteiger partial charge in [-0.25, -0.2) is 0 Å². The van der Waals surface area contributed by atoms with E-state index in [2.05, 4.69) is 6.07 Å². The highest BCUT2D eigenvalue weighted by atomic mass is 16.3. The molecule has 72 valence electrons. The summed E-state index contributed by atoms with van der Waals surface area (Å²) in [5.74, 6) is 0.359. The minimum Gasteiger partial charge on any atom is -0.388 e. The average Bonchev–Trinajstić information content (AvgIpc) is 2.45. The van der Waals surface area contributed by atoms with Crippen LogP contribution in [0.25, 0.3) is 0 Å². The van der Waals surface area contributed by atoms with Crippen molar-refractivity contribution >= 4 is 0 Å². The predicted molar refractivity (Wildman–Crippen MR) is 53.5 cm³/mol. The second-order valence-corrected chi connectivity index (χ2v) is 3.90. The summed E-state index contributed by atoms with van der Waals surface area (Å²) in [5, 5.41) is 18.7. The first-order valence-corrected chi connectivity index (χ1v) is 4.89. The van der Waals surface area contributed by atoms with Crippen molar-refractivity contribution in [3.63, 3.8) is 0 Å². The van der Waals surface area contributed by atoms with Crippen LogP contribution in [0.1, 0.15) is 36.5 Å². The molecule has 3 atom stereocenters. The van der Waals surface area contributed by atoms with Gasteiger partial charge in [-0.2, -0.15) is 5.26 Å². The van der Waals surface area contributed by atoms with E-state index >= 15 is 0 Å². The number of nitriles is 1. The van der Waals surface area contributed by atoms with Crippen LogP contribution >= 0.6 is 0 Å². The fourth-order valence-corrected chi connectivity index (χ4v) is 2.30. The lowest BCUT2D eigenvalue weighted by atomic mass is 9.91. The van der Waals surface area contributed by atoms with Crippen molar-refractivity contribution in [1.82, 2.24) is 0 Å². The van der Waals surface area contributed by atoms with Crippen LogP contribution in [0.4, 0.5) is 0 Å². The molecule has 0 amide bonds. The van der Waals surface area contributed by atoms with E-state index in [1.165, 1.54) is 0 Å². The predicted octanol–water partition coefficient (Wildman–Crippen LogP) is 2.37. The van der Waals surface area contributed by atoms with Gasteiger partial charge in [0.1, 0.15) is 0 Å². The average molecular weight is 187 g/mol. The van der Waals surface area contributed by atoms with Crippen LogP contribution in [0.15, 0.2) is 24.3 Å². The molecule has 0 aromatic heterocycles. The number of aliphatic hydroxyl groups excluding tert-OH is 1. The van der Waals surface area contributed by atoms with Gasteiger partial charge in [0.2, 0.25) is 0 Å². The van der Waals surface area contributed by atoms with Crippen LogP contribution in [0, 0.1) is 17.2 Å². The number of rotatable bonds is 1. The normalized spacial score (nSPS) is 29.6. The minimum atomic E-state index is -0.399. The quantitative estimate of drug-likeness (QED) is 0.733. The van der Waals surface area contributed by atoms with Crippen LogP contribution in [0.2, 0.25) is 0 Å². The number of fused-ring (bicyclic) bond motifs is 1. The Hall–Kier alpha value is -1.33. The van der Waals surface area contributed by atoms with E-state index in [4.69, 9.17) is 5.26 Å². The van der Waals surface area contributed by atoms with Crippen LogP contribution in [-0.2, 0) is 0 Å². The molecule has 1 aromatic rings. The SMILES string of the molecule is C[C@H]1[C@@H](O)c2ccccc2[C@@H]1CC#N. The van der Waals surface area contributed by atoms with Crippen molar-refractivity contribution in [2.75, 3.05) is 0 Å². The highest BCUT2D eigenvalue weighted by Gasteiger charge is 2.35. The van der Waals surface area contributed by atoms with Crippen LogP contribution < -0.4 is 0 Å². The van der Waals surface area contributed by atoms with E-state index in [1.807, 2.05) is 31.2 Å². The first-order chi connectivity index (χ1) is 6.75. The lowest BCUT2D eigenvalue weighted by Crippen LogP contribution is -2.07. The highest BCUT2D eigenvalue weighted by Crippen LogP contribution is 2.46. The molecule has 0 aliphatic heterocycles. The Labute approximate surface area is 83.8 Å². The van der Waals surface area contributed by atoms with Gasteiger partial charge in [-0.05, 0) is 17.0 Å². The summed E-state index contributed by atoms with van der Waals surface area (Å²) in [7, 11) is 0. The molecule has 0 saturated carbocycles. The molecule has 0 fully saturated rings. The Kier molecular flexibility index (Phi) is 2.26. The monoisotopic (exact) mass is 187 g/mol. The Balaban J connectivity index is 2.43. The third kappa shape index (κ3) is 1.21. The molecule has 1 N–H and O–H groups in total. The number of hydrogen-bond donors (Lipinski definition) is 1. The molecule has 0 saturated heterocycles. The van der Waals surface area contributed by atoms with Crippen molar-refractivity contribution in [3.05, 3.63) is 35.4 Å². The van der Waals surface area contributed by atoms with Gasteiger partial charge in [0.05, 0.1) is 12.2 Å². The Morgan fingerprint density at radius 1 is 1.36 bits per heavy atom. The van der Waals surface area contributed by atoms with Gasteiger partial charge < -0.3 is 5.11 Å². The second kappa shape index (κ2) is 3.43. The zero-order valence-electron chi connectivity index (χ0n) is 8.14. The first-order valence-electron chi connectivity index (χ1n) is 4.89. The summed E-state index contributed by atoms with van der Waals surface area (Å²) in [4.78, 5) is 0. The molecule has 1 aromatic carbocycles. The molecule has 1 aliphatic rings. The van der Waals surface area contributed by atoms with E-state index < -0.39 is 6.10 Å². The summed E-state index contributed by atoms with van der Waals surface area (Å²) >= 11 is 0. The van der Waals surface area contributed by atoms with Gasteiger partial charge in [-0.15, -0.1) is 0 Å². The summed E-state index contributed by atoms with van der Waals surface area (Å²) in [6, 6.07) is 10.1. The van der Waals surface area contributed by atoms with Gasteiger partial charge in [0, 0.05) is 12.3 Å². The Morgan fingerprint density at radius 3 is 2.64 bits per heavy atom. The minimum absolute atomic E-state index is 0.159. The lowest BCUT2D eigenvalue weighted by Gasteiger charge is -2.14. The fraction of sp³-hybridized carbons (Fsp3) is 0.417. The maximum atomic E-state index is 9.94. The molecule has 0 spiro atoms. The third-order valence-electron chi connectivity index (χ3n) is 3.16. The van der Waals surface area contributed by atoms with E-state index in [0.717, 1.165) is 11.1 Å². The first kappa shape index (κ1) is 9.23. The van der Waals surface area contributed by atoms with Gasteiger partial charge in [0.25, 0.3) is 0 Å². The molecule has 0 bridgehead atoms. The van der Waals surface area contributed by atoms with E-state index in [-0.39, 0.29) is 11.8 Å². The molecule has 2 nitrogen and oxygen atoms in total. The number of nitrogens with zero attached hydrogens (tertiary/aromatic N) is 1. The van der Waals surface area contributed by atoms with E-state index in [1.54, 1.807) is 0 Å². The zero-order valence-corrected chi connectivity index (χ0v) is 8.14. The van der Waals surface area contributed by atoms with Gasteiger partial charge in [0.15, 0.2) is 0 Å². The van der Waals surface area contributed by atoms with E-state index in [0.29, 0.717) is 6.42 Å². The van der Waals surface area contributed by atoms with E-state index in [9.17, 15) is 5.11 Å². The molecular formula is C12H13NO. The van der Waals surface area contributed by atoms with Crippen molar-refractivity contribution in [2.45, 2.75) is 25.4 Å². The number of aliphatic hydroxyl groups is 1. The number of benzene rings is 1. The Morgan fingerprint density at radius 2 is 2.00 bits per heavy atom. The van der Waals surface area contributed by atoms with Crippen molar-refractivity contribution in [1.29, 1.82) is 5.26 Å².